The van der Waals surface area contributed by atoms with Gasteiger partial charge in [0.15, 0.2) is 5.82 Å². The molecule has 2 N–H and O–H groups in total. The van der Waals surface area contributed by atoms with Crippen LogP contribution in [-0.2, 0) is 0 Å². The number of rotatable bonds is 6. The molecular weight excluding hydrogens is 378 g/mol. The predicted molar refractivity (Wildman–Crippen MR) is 117 cm³/mol. The number of hydrogen-bond donors (Lipinski definition) is 2. The number of furan rings is 1. The minimum absolute atomic E-state index is 0.174. The standard InChI is InChI=1S/C24H21N3O3/c1-15(2)19-13-17(24(29)25-18-11-12-30-14-18)8-7-16(19)9-10-22(28)23-26-20-5-3-4-6-21(20)27-23/h3-15H,1-2H3,(H,25,29)(H,26,27). The predicted octanol–water partition coefficient (Wildman–Crippen LogP) is 5.43. The molecule has 0 saturated heterocycles. The molecular formula is C24H21N3O3. The Hall–Kier alpha value is -3.93. The molecule has 0 saturated carbocycles. The lowest BCUT2D eigenvalue weighted by Gasteiger charge is -2.12. The third-order valence-corrected chi connectivity index (χ3v) is 4.79. The lowest BCUT2D eigenvalue weighted by molar-refractivity contribution is 0.102. The zero-order valence-electron chi connectivity index (χ0n) is 16.7. The number of aromatic nitrogens is 2. The number of carbonyl (C=O) groups excluding carboxylic acids is 2. The zero-order valence-corrected chi connectivity index (χ0v) is 16.7. The molecule has 4 rings (SSSR count). The molecule has 0 aliphatic carbocycles. The van der Waals surface area contributed by atoms with Crippen molar-refractivity contribution in [2.45, 2.75) is 19.8 Å². The number of H-pyrrole nitrogens is 1. The van der Waals surface area contributed by atoms with E-state index in [2.05, 4.69) is 15.3 Å². The minimum Gasteiger partial charge on any atom is -0.470 e. The van der Waals surface area contributed by atoms with Crippen LogP contribution in [0.3, 0.4) is 0 Å². The normalized spacial score (nSPS) is 11.4. The third kappa shape index (κ3) is 4.07. The highest BCUT2D eigenvalue weighted by Gasteiger charge is 2.13. The Kier molecular flexibility index (Phi) is 5.30. The molecule has 0 radical (unpaired) electrons. The second kappa shape index (κ2) is 8.21. The molecule has 4 aromatic rings. The van der Waals surface area contributed by atoms with Crippen LogP contribution < -0.4 is 5.32 Å². The Balaban J connectivity index is 1.56. The smallest absolute Gasteiger partial charge is 0.255 e. The number of benzene rings is 2. The molecule has 2 aromatic heterocycles. The molecule has 2 heterocycles. The number of allylic oxidation sites excluding steroid dienone is 1. The van der Waals surface area contributed by atoms with Crippen molar-refractivity contribution in [3.05, 3.63) is 89.6 Å². The van der Waals surface area contributed by atoms with Gasteiger partial charge >= 0.3 is 0 Å². The highest BCUT2D eigenvalue weighted by molar-refractivity contribution is 6.06. The number of nitrogens with zero attached hydrogens (tertiary/aromatic N) is 1. The van der Waals surface area contributed by atoms with Crippen LogP contribution in [0.1, 0.15) is 51.9 Å². The van der Waals surface area contributed by atoms with Crippen LogP contribution in [0.5, 0.6) is 0 Å². The Bertz CT molecular complexity index is 1200. The zero-order chi connectivity index (χ0) is 21.1. The van der Waals surface area contributed by atoms with Crippen molar-refractivity contribution in [3.63, 3.8) is 0 Å². The number of fused-ring (bicyclic) bond motifs is 1. The molecule has 0 fully saturated rings. The quantitative estimate of drug-likeness (QED) is 0.334. The minimum atomic E-state index is -0.216. The van der Waals surface area contributed by atoms with E-state index in [1.807, 2.05) is 50.2 Å². The van der Waals surface area contributed by atoms with Crippen molar-refractivity contribution >= 4 is 34.5 Å². The molecule has 6 heteroatoms. The Labute approximate surface area is 173 Å². The number of nitrogens with one attached hydrogen (secondary N) is 2. The summed E-state index contributed by atoms with van der Waals surface area (Å²) in [6.45, 7) is 4.09. The lowest BCUT2D eigenvalue weighted by Crippen LogP contribution is -2.12. The van der Waals surface area contributed by atoms with Gasteiger partial charge in [-0.25, -0.2) is 4.98 Å². The van der Waals surface area contributed by atoms with E-state index < -0.39 is 0 Å². The molecule has 150 valence electrons. The first kappa shape index (κ1) is 19.4. The third-order valence-electron chi connectivity index (χ3n) is 4.79. The molecule has 0 spiro atoms. The van der Waals surface area contributed by atoms with Gasteiger partial charge in [0.2, 0.25) is 5.78 Å². The fourth-order valence-corrected chi connectivity index (χ4v) is 3.22. The maximum absolute atomic E-state index is 12.6. The van der Waals surface area contributed by atoms with Crippen LogP contribution in [0.2, 0.25) is 0 Å². The first-order chi connectivity index (χ1) is 14.5. The van der Waals surface area contributed by atoms with Gasteiger partial charge in [-0.15, -0.1) is 0 Å². The van der Waals surface area contributed by atoms with E-state index in [0.29, 0.717) is 17.1 Å². The number of para-hydroxylation sites is 2. The van der Waals surface area contributed by atoms with Crippen molar-refractivity contribution in [3.8, 4) is 0 Å². The summed E-state index contributed by atoms with van der Waals surface area (Å²) < 4.78 is 4.98. The van der Waals surface area contributed by atoms with Gasteiger partial charge in [0.25, 0.3) is 5.91 Å². The maximum atomic E-state index is 12.6. The molecule has 6 nitrogen and oxygen atoms in total. The van der Waals surface area contributed by atoms with Crippen LogP contribution in [0, 0.1) is 0 Å². The van der Waals surface area contributed by atoms with E-state index in [-0.39, 0.29) is 17.6 Å². The first-order valence-corrected chi connectivity index (χ1v) is 9.66. The van der Waals surface area contributed by atoms with E-state index in [9.17, 15) is 9.59 Å². The van der Waals surface area contributed by atoms with E-state index >= 15 is 0 Å². The van der Waals surface area contributed by atoms with Gasteiger partial charge in [-0.1, -0.05) is 38.1 Å². The lowest BCUT2D eigenvalue weighted by atomic mass is 9.94. The largest absolute Gasteiger partial charge is 0.470 e. The SMILES string of the molecule is CC(C)c1cc(C(=O)Nc2ccoc2)ccc1C=CC(=O)c1nc2ccccc2[nH]1. The number of carbonyl (C=O) groups is 2. The van der Waals surface area contributed by atoms with Crippen LogP contribution in [0.15, 0.2) is 71.6 Å². The molecule has 0 aliphatic rings. The molecule has 0 aliphatic heterocycles. The second-order valence-corrected chi connectivity index (χ2v) is 7.26. The molecule has 2 aromatic carbocycles. The number of ketones is 1. The van der Waals surface area contributed by atoms with Gasteiger partial charge in [0, 0.05) is 5.56 Å². The first-order valence-electron chi connectivity index (χ1n) is 9.66. The summed E-state index contributed by atoms with van der Waals surface area (Å²) in [5.41, 5.74) is 4.58. The van der Waals surface area contributed by atoms with E-state index in [0.717, 1.165) is 22.2 Å². The average Bonchev–Trinajstić information content (AvgIpc) is 3.41. The van der Waals surface area contributed by atoms with Crippen molar-refractivity contribution < 1.29 is 14.0 Å². The number of aromatic amines is 1. The summed E-state index contributed by atoms with van der Waals surface area (Å²) in [4.78, 5) is 32.4. The monoisotopic (exact) mass is 399 g/mol. The summed E-state index contributed by atoms with van der Waals surface area (Å²) in [6, 6.07) is 14.6. The van der Waals surface area contributed by atoms with Crippen molar-refractivity contribution in [2.75, 3.05) is 5.32 Å². The van der Waals surface area contributed by atoms with Gasteiger partial charge in [-0.3, -0.25) is 9.59 Å². The molecule has 0 atom stereocenters. The van der Waals surface area contributed by atoms with Crippen LogP contribution >= 0.6 is 0 Å². The maximum Gasteiger partial charge on any atom is 0.255 e. The van der Waals surface area contributed by atoms with Gasteiger partial charge in [0.1, 0.15) is 6.26 Å². The molecule has 0 unspecified atom stereocenters. The second-order valence-electron chi connectivity index (χ2n) is 7.26. The highest BCUT2D eigenvalue weighted by Crippen LogP contribution is 2.23. The van der Waals surface area contributed by atoms with Gasteiger partial charge in [-0.2, -0.15) is 0 Å². The summed E-state index contributed by atoms with van der Waals surface area (Å²) in [5.74, 6) is 0.0529. The molecule has 30 heavy (non-hydrogen) atoms. The fourth-order valence-electron chi connectivity index (χ4n) is 3.22. The number of imidazole rings is 1. The van der Waals surface area contributed by atoms with E-state index in [4.69, 9.17) is 4.42 Å². The van der Waals surface area contributed by atoms with Crippen molar-refractivity contribution in [1.82, 2.24) is 9.97 Å². The number of anilines is 1. The van der Waals surface area contributed by atoms with E-state index in [1.165, 1.54) is 18.6 Å². The summed E-state index contributed by atoms with van der Waals surface area (Å²) in [5, 5.41) is 2.79. The van der Waals surface area contributed by atoms with Crippen LogP contribution in [0.25, 0.3) is 17.1 Å². The average molecular weight is 399 g/mol. The summed E-state index contributed by atoms with van der Waals surface area (Å²) in [6.07, 6.45) is 6.25. The topological polar surface area (TPSA) is 88.0 Å². The summed E-state index contributed by atoms with van der Waals surface area (Å²) >= 11 is 0. The molecule has 0 bridgehead atoms. The Morgan fingerprint density at radius 3 is 2.70 bits per heavy atom. The Morgan fingerprint density at radius 2 is 1.97 bits per heavy atom. The fraction of sp³-hybridized carbons (Fsp3) is 0.125. The van der Waals surface area contributed by atoms with Crippen LogP contribution in [-0.4, -0.2) is 21.7 Å². The van der Waals surface area contributed by atoms with Gasteiger partial charge < -0.3 is 14.7 Å². The molecule has 1 amide bonds. The highest BCUT2D eigenvalue weighted by atomic mass is 16.3. The number of amides is 1. The van der Waals surface area contributed by atoms with Gasteiger partial charge in [-0.05, 0) is 53.5 Å². The van der Waals surface area contributed by atoms with Crippen molar-refractivity contribution in [2.24, 2.45) is 0 Å². The number of hydrogen-bond acceptors (Lipinski definition) is 4. The van der Waals surface area contributed by atoms with Gasteiger partial charge in [0.05, 0.1) is 23.0 Å². The Morgan fingerprint density at radius 1 is 1.13 bits per heavy atom. The van der Waals surface area contributed by atoms with Crippen molar-refractivity contribution in [1.29, 1.82) is 0 Å². The summed E-state index contributed by atoms with van der Waals surface area (Å²) in [7, 11) is 0. The van der Waals surface area contributed by atoms with Crippen LogP contribution in [0.4, 0.5) is 5.69 Å². The van der Waals surface area contributed by atoms with E-state index in [1.54, 1.807) is 18.2 Å².